The number of esters is 3. The van der Waals surface area contributed by atoms with Gasteiger partial charge in [-0.25, -0.2) is 9.59 Å². The van der Waals surface area contributed by atoms with E-state index >= 15 is 0 Å². The minimum atomic E-state index is -0.653. The quantitative estimate of drug-likeness (QED) is 0.425. The van der Waals surface area contributed by atoms with E-state index in [0.717, 1.165) is 0 Å². The molecule has 0 aromatic carbocycles. The number of rotatable bonds is 6. The Labute approximate surface area is 121 Å². The minimum Gasteiger partial charge on any atom is -0.466 e. The van der Waals surface area contributed by atoms with Crippen molar-refractivity contribution in [2.45, 2.75) is 19.8 Å². The highest BCUT2D eigenvalue weighted by atomic mass is 16.5. The first-order valence-electron chi connectivity index (χ1n) is 6.16. The molecular weight excluding hydrogens is 280 g/mol. The number of carbonyl (C=O) groups is 3. The van der Waals surface area contributed by atoms with E-state index in [0.29, 0.717) is 18.4 Å². The Hall–Kier alpha value is -2.51. The van der Waals surface area contributed by atoms with Crippen LogP contribution in [0.2, 0.25) is 0 Å². The van der Waals surface area contributed by atoms with Crippen molar-refractivity contribution in [3.63, 3.8) is 0 Å². The van der Waals surface area contributed by atoms with Crippen LogP contribution in [0.4, 0.5) is 0 Å². The zero-order valence-electron chi connectivity index (χ0n) is 12.0. The predicted octanol–water partition coefficient (Wildman–Crippen LogP) is 0.545. The highest BCUT2D eigenvalue weighted by Gasteiger charge is 2.18. The van der Waals surface area contributed by atoms with Gasteiger partial charge in [0, 0.05) is 6.92 Å². The molecule has 0 atom stereocenters. The average Bonchev–Trinajstić information content (AvgIpc) is 2.49. The molecule has 0 aliphatic rings. The van der Waals surface area contributed by atoms with Gasteiger partial charge in [0.1, 0.15) is 0 Å². The smallest absolute Gasteiger partial charge is 0.358 e. The van der Waals surface area contributed by atoms with Crippen LogP contribution in [-0.2, 0) is 25.4 Å². The van der Waals surface area contributed by atoms with Gasteiger partial charge in [-0.2, -0.15) is 0 Å². The Morgan fingerprint density at radius 1 is 1.10 bits per heavy atom. The Bertz CT molecular complexity index is 543. The van der Waals surface area contributed by atoms with Crippen LogP contribution >= 0.6 is 0 Å². The van der Waals surface area contributed by atoms with Crippen LogP contribution in [0.15, 0.2) is 6.07 Å². The van der Waals surface area contributed by atoms with Gasteiger partial charge in [-0.15, -0.1) is 10.2 Å². The fourth-order valence-corrected chi connectivity index (χ4v) is 1.57. The summed E-state index contributed by atoms with van der Waals surface area (Å²) in [6.07, 6.45) is 0.840. The number of hydrogen-bond acceptors (Lipinski definition) is 8. The molecule has 0 bridgehead atoms. The molecule has 1 rings (SSSR count). The van der Waals surface area contributed by atoms with Gasteiger partial charge in [-0.1, -0.05) is 0 Å². The summed E-state index contributed by atoms with van der Waals surface area (Å²) < 4.78 is 14.0. The van der Waals surface area contributed by atoms with Crippen molar-refractivity contribution < 1.29 is 28.6 Å². The predicted molar refractivity (Wildman–Crippen MR) is 69.7 cm³/mol. The number of aryl methyl sites for hydroxylation is 1. The molecule has 1 aromatic heterocycles. The van der Waals surface area contributed by atoms with Gasteiger partial charge in [0.15, 0.2) is 11.4 Å². The number of ether oxygens (including phenoxy) is 3. The second-order valence-corrected chi connectivity index (χ2v) is 4.03. The van der Waals surface area contributed by atoms with Crippen molar-refractivity contribution in [1.82, 2.24) is 10.2 Å². The lowest BCUT2D eigenvalue weighted by Gasteiger charge is -2.08. The van der Waals surface area contributed by atoms with Crippen LogP contribution in [-0.4, -0.2) is 48.9 Å². The molecule has 0 unspecified atom stereocenters. The molecular formula is C13H16N2O6. The Morgan fingerprint density at radius 2 is 1.76 bits per heavy atom. The molecule has 0 spiro atoms. The molecule has 114 valence electrons. The zero-order valence-corrected chi connectivity index (χ0v) is 12.0. The molecule has 8 nitrogen and oxygen atoms in total. The second kappa shape index (κ2) is 7.93. The summed E-state index contributed by atoms with van der Waals surface area (Å²) in [5, 5.41) is 7.32. The normalized spacial score (nSPS) is 9.86. The molecule has 0 radical (unpaired) electrons. The molecule has 0 aliphatic carbocycles. The molecule has 0 N–H and O–H groups in total. The average molecular weight is 296 g/mol. The Balaban J connectivity index is 2.91. The van der Waals surface area contributed by atoms with Crippen LogP contribution < -0.4 is 0 Å². The monoisotopic (exact) mass is 296 g/mol. The van der Waals surface area contributed by atoms with E-state index in [4.69, 9.17) is 4.74 Å². The van der Waals surface area contributed by atoms with Crippen molar-refractivity contribution in [2.75, 3.05) is 20.8 Å². The van der Waals surface area contributed by atoms with Gasteiger partial charge in [0.25, 0.3) is 0 Å². The van der Waals surface area contributed by atoms with Crippen LogP contribution in [0.5, 0.6) is 0 Å². The first-order valence-corrected chi connectivity index (χ1v) is 6.16. The third kappa shape index (κ3) is 4.83. The standard InChI is InChI=1S/C13H16N2O6/c1-8(16)21-6-4-5-9-7-10(12(17)19-2)14-15-11(9)13(18)20-3/h7H,4-6H2,1-3H3. The topological polar surface area (TPSA) is 105 Å². The Kier molecular flexibility index (Phi) is 6.25. The molecule has 0 saturated heterocycles. The molecule has 0 amide bonds. The summed E-state index contributed by atoms with van der Waals surface area (Å²) in [5.74, 6) is -1.69. The summed E-state index contributed by atoms with van der Waals surface area (Å²) in [5.41, 5.74) is 0.491. The molecule has 1 heterocycles. The highest BCUT2D eigenvalue weighted by molar-refractivity contribution is 5.91. The van der Waals surface area contributed by atoms with E-state index in [-0.39, 0.29) is 24.0 Å². The molecule has 0 aliphatic heterocycles. The molecule has 21 heavy (non-hydrogen) atoms. The molecule has 0 fully saturated rings. The Morgan fingerprint density at radius 3 is 2.33 bits per heavy atom. The first-order chi connectivity index (χ1) is 9.99. The zero-order chi connectivity index (χ0) is 15.8. The van der Waals surface area contributed by atoms with E-state index in [1.165, 1.54) is 27.2 Å². The fraction of sp³-hybridized carbons (Fsp3) is 0.462. The minimum absolute atomic E-state index is 0.00682. The number of hydrogen-bond donors (Lipinski definition) is 0. The third-order valence-electron chi connectivity index (χ3n) is 2.54. The van der Waals surface area contributed by atoms with Gasteiger partial charge in [0.05, 0.1) is 20.8 Å². The summed E-state index contributed by atoms with van der Waals surface area (Å²) in [7, 11) is 2.44. The summed E-state index contributed by atoms with van der Waals surface area (Å²) >= 11 is 0. The van der Waals surface area contributed by atoms with Crippen LogP contribution in [0.1, 0.15) is 39.9 Å². The van der Waals surface area contributed by atoms with Crippen molar-refractivity contribution in [3.05, 3.63) is 23.0 Å². The second-order valence-electron chi connectivity index (χ2n) is 4.03. The van der Waals surface area contributed by atoms with Gasteiger partial charge in [-0.3, -0.25) is 4.79 Å². The van der Waals surface area contributed by atoms with Crippen LogP contribution in [0.25, 0.3) is 0 Å². The summed E-state index contributed by atoms with van der Waals surface area (Å²) in [6, 6.07) is 1.42. The number of methoxy groups -OCH3 is 2. The van der Waals surface area contributed by atoms with E-state index < -0.39 is 11.9 Å². The van der Waals surface area contributed by atoms with Crippen molar-refractivity contribution >= 4 is 17.9 Å². The van der Waals surface area contributed by atoms with Crippen molar-refractivity contribution in [1.29, 1.82) is 0 Å². The van der Waals surface area contributed by atoms with Crippen LogP contribution in [0.3, 0.4) is 0 Å². The number of nitrogens with zero attached hydrogens (tertiary/aromatic N) is 2. The van der Waals surface area contributed by atoms with Gasteiger partial charge >= 0.3 is 17.9 Å². The number of aromatic nitrogens is 2. The molecule has 1 aromatic rings. The molecule has 8 heteroatoms. The lowest BCUT2D eigenvalue weighted by molar-refractivity contribution is -0.141. The summed E-state index contributed by atoms with van der Waals surface area (Å²) in [6.45, 7) is 1.51. The lowest BCUT2D eigenvalue weighted by atomic mass is 10.1. The highest BCUT2D eigenvalue weighted by Crippen LogP contribution is 2.12. The van der Waals surface area contributed by atoms with E-state index in [2.05, 4.69) is 19.7 Å². The van der Waals surface area contributed by atoms with E-state index in [1.807, 2.05) is 0 Å². The maximum atomic E-state index is 11.6. The molecule has 0 saturated carbocycles. The largest absolute Gasteiger partial charge is 0.466 e. The van der Waals surface area contributed by atoms with Crippen molar-refractivity contribution in [3.8, 4) is 0 Å². The fourth-order valence-electron chi connectivity index (χ4n) is 1.57. The van der Waals surface area contributed by atoms with Crippen LogP contribution in [0, 0.1) is 0 Å². The van der Waals surface area contributed by atoms with E-state index in [1.54, 1.807) is 0 Å². The summed E-state index contributed by atoms with van der Waals surface area (Å²) in [4.78, 5) is 33.7. The van der Waals surface area contributed by atoms with Gasteiger partial charge < -0.3 is 14.2 Å². The maximum absolute atomic E-state index is 11.6. The lowest BCUT2D eigenvalue weighted by Crippen LogP contribution is -2.15. The number of carbonyl (C=O) groups excluding carboxylic acids is 3. The first kappa shape index (κ1) is 16.5. The third-order valence-corrected chi connectivity index (χ3v) is 2.54. The maximum Gasteiger partial charge on any atom is 0.358 e. The van der Waals surface area contributed by atoms with Gasteiger partial charge in [0.2, 0.25) is 0 Å². The SMILES string of the molecule is COC(=O)c1cc(CCCOC(C)=O)c(C(=O)OC)nn1. The van der Waals surface area contributed by atoms with Crippen molar-refractivity contribution in [2.24, 2.45) is 0 Å². The van der Waals surface area contributed by atoms with Gasteiger partial charge in [-0.05, 0) is 24.5 Å². The van der Waals surface area contributed by atoms with E-state index in [9.17, 15) is 14.4 Å².